The van der Waals surface area contributed by atoms with Gasteiger partial charge in [0.1, 0.15) is 24.5 Å². The molecule has 2 aliphatic rings. The van der Waals surface area contributed by atoms with Gasteiger partial charge in [0.25, 0.3) is 5.56 Å². The van der Waals surface area contributed by atoms with Crippen LogP contribution in [0.25, 0.3) is 16.7 Å². The van der Waals surface area contributed by atoms with Gasteiger partial charge in [-0.3, -0.25) is 9.36 Å². The fraction of sp³-hybridized carbons (Fsp3) is 0.318. The summed E-state index contributed by atoms with van der Waals surface area (Å²) >= 11 is 0. The summed E-state index contributed by atoms with van der Waals surface area (Å²) in [5.41, 5.74) is 2.13. The minimum atomic E-state index is -0.533. The molecule has 0 amide bonds. The van der Waals surface area contributed by atoms with E-state index in [2.05, 4.69) is 26.2 Å². The Morgan fingerprint density at radius 1 is 1.19 bits per heavy atom. The van der Waals surface area contributed by atoms with Gasteiger partial charge in [-0.25, -0.2) is 18.7 Å². The van der Waals surface area contributed by atoms with Crippen molar-refractivity contribution in [1.29, 1.82) is 0 Å². The first kappa shape index (κ1) is 19.0. The third-order valence-corrected chi connectivity index (χ3v) is 6.52. The second-order valence-electron chi connectivity index (χ2n) is 8.48. The molecule has 3 atom stereocenters. The Kier molecular flexibility index (Phi) is 3.96. The smallest absolute Gasteiger partial charge is 0.280 e. The zero-order valence-electron chi connectivity index (χ0n) is 17.3. The minimum Gasteiger partial charge on any atom is -0.337 e. The highest BCUT2D eigenvalue weighted by Crippen LogP contribution is 2.62. The van der Waals surface area contributed by atoms with Gasteiger partial charge in [0.15, 0.2) is 17.0 Å². The maximum atomic E-state index is 13.9. The molecule has 1 fully saturated rings. The molecule has 2 aliphatic carbocycles. The topological polar surface area (TPSA) is 91.6 Å². The molecule has 8 nitrogen and oxygen atoms in total. The molecule has 0 N–H and O–H groups in total. The number of hydrogen-bond donors (Lipinski definition) is 0. The van der Waals surface area contributed by atoms with Crippen LogP contribution in [0.5, 0.6) is 0 Å². The zero-order valence-corrected chi connectivity index (χ0v) is 17.3. The van der Waals surface area contributed by atoms with Gasteiger partial charge in [-0.2, -0.15) is 4.98 Å². The predicted molar refractivity (Wildman–Crippen MR) is 110 cm³/mol. The predicted octanol–water partition coefficient (Wildman–Crippen LogP) is 2.96. The first-order chi connectivity index (χ1) is 15.4. The lowest BCUT2D eigenvalue weighted by Crippen LogP contribution is -2.22. The van der Waals surface area contributed by atoms with Crippen molar-refractivity contribution in [2.24, 2.45) is 18.9 Å². The number of aromatic nitrogens is 6. The number of nitrogens with zero attached hydrogens (tertiary/aromatic N) is 6. The largest absolute Gasteiger partial charge is 0.337 e. The Hall–Kier alpha value is -3.69. The number of allylic oxidation sites excluding steroid dienone is 2. The molecule has 32 heavy (non-hydrogen) atoms. The number of fused-ring (bicyclic) bond motifs is 2. The Labute approximate surface area is 180 Å². The van der Waals surface area contributed by atoms with Crippen LogP contribution in [0.15, 0.2) is 40.2 Å². The molecule has 1 aromatic carbocycles. The highest BCUT2D eigenvalue weighted by molar-refractivity contribution is 5.71. The molecule has 0 saturated heterocycles. The van der Waals surface area contributed by atoms with Crippen molar-refractivity contribution in [3.05, 3.63) is 75.7 Å². The van der Waals surface area contributed by atoms with Crippen molar-refractivity contribution < 1.29 is 13.3 Å². The van der Waals surface area contributed by atoms with Crippen LogP contribution < -0.4 is 5.56 Å². The van der Waals surface area contributed by atoms with Crippen molar-refractivity contribution in [2.45, 2.75) is 25.8 Å². The number of halogens is 2. The van der Waals surface area contributed by atoms with Crippen LogP contribution in [-0.4, -0.2) is 29.2 Å². The van der Waals surface area contributed by atoms with E-state index >= 15 is 0 Å². The molecule has 3 aromatic heterocycles. The summed E-state index contributed by atoms with van der Waals surface area (Å²) in [7, 11) is 1.74. The van der Waals surface area contributed by atoms with Crippen LogP contribution in [0.1, 0.15) is 35.2 Å². The lowest BCUT2D eigenvalue weighted by molar-refractivity contribution is 0.364. The molecule has 0 aliphatic heterocycles. The van der Waals surface area contributed by atoms with E-state index in [1.165, 1.54) is 30.0 Å². The van der Waals surface area contributed by atoms with E-state index in [9.17, 15) is 13.6 Å². The molecule has 0 spiro atoms. The Bertz CT molecular complexity index is 1460. The third kappa shape index (κ3) is 2.82. The summed E-state index contributed by atoms with van der Waals surface area (Å²) in [5.74, 6) is 0.475. The molecule has 0 bridgehead atoms. The van der Waals surface area contributed by atoms with Crippen LogP contribution in [-0.2, 0) is 13.6 Å². The second kappa shape index (κ2) is 6.65. The van der Waals surface area contributed by atoms with Crippen LogP contribution in [0, 0.1) is 30.4 Å². The summed E-state index contributed by atoms with van der Waals surface area (Å²) in [4.78, 5) is 25.4. The number of hydrogen-bond acceptors (Lipinski definition) is 6. The van der Waals surface area contributed by atoms with Crippen molar-refractivity contribution in [1.82, 2.24) is 29.2 Å². The van der Waals surface area contributed by atoms with Crippen molar-refractivity contribution in [3.8, 4) is 0 Å². The van der Waals surface area contributed by atoms with Gasteiger partial charge in [0.05, 0.1) is 6.33 Å². The molecule has 162 valence electrons. The van der Waals surface area contributed by atoms with E-state index in [4.69, 9.17) is 4.52 Å². The van der Waals surface area contributed by atoms with Gasteiger partial charge in [0, 0.05) is 18.5 Å². The molecule has 0 radical (unpaired) electrons. The SMILES string of the molecule is Cc1c(F)cc(C2=C[C@@H]3[C@H](C2)[C@H]3c2noc(Cn3cnc4ncn(C)c4c3=O)n2)cc1F. The average molecular weight is 436 g/mol. The van der Waals surface area contributed by atoms with Crippen LogP contribution in [0.3, 0.4) is 0 Å². The maximum Gasteiger partial charge on any atom is 0.280 e. The molecular weight excluding hydrogens is 418 g/mol. The average Bonchev–Trinajstić information content (AvgIpc) is 3.19. The van der Waals surface area contributed by atoms with E-state index < -0.39 is 11.6 Å². The fourth-order valence-electron chi connectivity index (χ4n) is 4.65. The lowest BCUT2D eigenvalue weighted by atomic mass is 9.99. The van der Waals surface area contributed by atoms with Crippen LogP contribution >= 0.6 is 0 Å². The molecule has 1 saturated carbocycles. The Morgan fingerprint density at radius 3 is 2.66 bits per heavy atom. The number of aryl methyl sites for hydroxylation is 1. The standard InChI is InChI=1S/C22H18F2N6O2/c1-10-15(23)5-12(6-16(10)24)11-3-13-14(4-11)18(13)20-27-17(32-28-20)7-30-9-26-21-19(22(30)31)29(2)8-25-21/h3,5-6,8-9,13-14,18H,4,7H2,1-2H3/t13-,14+,18+/m1/s1. The van der Waals surface area contributed by atoms with Crippen LogP contribution in [0.2, 0.25) is 0 Å². The summed E-state index contributed by atoms with van der Waals surface area (Å²) < 4.78 is 36.2. The first-order valence-corrected chi connectivity index (χ1v) is 10.3. The van der Waals surface area contributed by atoms with Crippen molar-refractivity contribution in [3.63, 3.8) is 0 Å². The summed E-state index contributed by atoms with van der Waals surface area (Å²) in [6, 6.07) is 2.78. The van der Waals surface area contributed by atoms with Gasteiger partial charge in [-0.05, 0) is 48.4 Å². The minimum absolute atomic E-state index is 0.0339. The van der Waals surface area contributed by atoms with Crippen molar-refractivity contribution >= 4 is 16.7 Å². The number of benzene rings is 1. The molecule has 0 unspecified atom stereocenters. The van der Waals surface area contributed by atoms with E-state index in [-0.39, 0.29) is 35.4 Å². The Balaban J connectivity index is 1.20. The Morgan fingerprint density at radius 2 is 1.94 bits per heavy atom. The lowest BCUT2D eigenvalue weighted by Gasteiger charge is -2.08. The van der Waals surface area contributed by atoms with Gasteiger partial charge in [-0.15, -0.1) is 0 Å². The van der Waals surface area contributed by atoms with E-state index in [1.54, 1.807) is 17.9 Å². The monoisotopic (exact) mass is 436 g/mol. The second-order valence-corrected chi connectivity index (χ2v) is 8.48. The summed E-state index contributed by atoms with van der Waals surface area (Å²) in [5, 5.41) is 4.11. The molecule has 4 aromatic rings. The molecule has 3 heterocycles. The van der Waals surface area contributed by atoms with Gasteiger partial charge in [0.2, 0.25) is 5.89 Å². The van der Waals surface area contributed by atoms with Gasteiger partial charge in [-0.1, -0.05) is 11.2 Å². The summed E-state index contributed by atoms with van der Waals surface area (Å²) in [6.07, 6.45) is 5.73. The summed E-state index contributed by atoms with van der Waals surface area (Å²) in [6.45, 7) is 1.54. The molecular formula is C22H18F2N6O2. The number of imidazole rings is 1. The van der Waals surface area contributed by atoms with Gasteiger partial charge < -0.3 is 9.09 Å². The fourth-order valence-corrected chi connectivity index (χ4v) is 4.65. The quantitative estimate of drug-likeness (QED) is 0.489. The molecule has 6 rings (SSSR count). The maximum absolute atomic E-state index is 13.9. The third-order valence-electron chi connectivity index (χ3n) is 6.52. The van der Waals surface area contributed by atoms with Crippen molar-refractivity contribution in [2.75, 3.05) is 0 Å². The highest BCUT2D eigenvalue weighted by atomic mass is 19.1. The van der Waals surface area contributed by atoms with Crippen LogP contribution in [0.4, 0.5) is 8.78 Å². The number of rotatable bonds is 4. The first-order valence-electron chi connectivity index (χ1n) is 10.3. The van der Waals surface area contributed by atoms with E-state index in [0.717, 1.165) is 5.57 Å². The normalized spacial score (nSPS) is 21.8. The highest BCUT2D eigenvalue weighted by Gasteiger charge is 2.55. The molecule has 10 heteroatoms. The van der Waals surface area contributed by atoms with E-state index in [1.807, 2.05) is 0 Å². The van der Waals surface area contributed by atoms with E-state index in [0.29, 0.717) is 34.9 Å². The van der Waals surface area contributed by atoms with Gasteiger partial charge >= 0.3 is 0 Å². The zero-order chi connectivity index (χ0) is 22.1.